The van der Waals surface area contributed by atoms with E-state index in [1.165, 1.54) is 31.4 Å². The predicted octanol–water partition coefficient (Wildman–Crippen LogP) is 3.40. The normalized spacial score (nSPS) is 11.2. The Balaban J connectivity index is 2.05. The molecular formula is C15H13ClF3N3O2. The zero-order valence-electron chi connectivity index (χ0n) is 12.4. The first kappa shape index (κ1) is 17.9. The Bertz CT molecular complexity index is 758. The molecule has 1 aromatic heterocycles. The van der Waals surface area contributed by atoms with E-state index < -0.39 is 30.1 Å². The van der Waals surface area contributed by atoms with Gasteiger partial charge in [-0.3, -0.25) is 9.59 Å². The molecule has 0 spiro atoms. The quantitative estimate of drug-likeness (QED) is 0.878. The number of aromatic nitrogens is 1. The lowest BCUT2D eigenvalue weighted by Crippen LogP contribution is -2.35. The molecule has 0 radical (unpaired) electrons. The third-order valence-electron chi connectivity index (χ3n) is 3.11. The molecule has 128 valence electrons. The van der Waals surface area contributed by atoms with E-state index in [2.05, 4.69) is 10.3 Å². The minimum absolute atomic E-state index is 0.172. The van der Waals surface area contributed by atoms with Gasteiger partial charge in [0.15, 0.2) is 0 Å². The number of carbonyl (C=O) groups excluding carboxylic acids is 2. The van der Waals surface area contributed by atoms with Gasteiger partial charge in [0.25, 0.3) is 5.91 Å². The Kier molecular flexibility index (Phi) is 5.18. The monoisotopic (exact) mass is 359 g/mol. The van der Waals surface area contributed by atoms with Crippen LogP contribution in [0.3, 0.4) is 0 Å². The minimum Gasteiger partial charge on any atom is -0.356 e. The average molecular weight is 360 g/mol. The van der Waals surface area contributed by atoms with Crippen LogP contribution in [0.4, 0.5) is 18.9 Å². The first-order chi connectivity index (χ1) is 11.2. The van der Waals surface area contributed by atoms with Crippen molar-refractivity contribution in [3.8, 4) is 0 Å². The van der Waals surface area contributed by atoms with E-state index in [-0.39, 0.29) is 11.4 Å². The summed E-state index contributed by atoms with van der Waals surface area (Å²) in [5.74, 6) is -1.26. The van der Waals surface area contributed by atoms with Crippen molar-refractivity contribution in [2.45, 2.75) is 6.18 Å². The highest BCUT2D eigenvalue weighted by Crippen LogP contribution is 2.34. The van der Waals surface area contributed by atoms with Crippen LogP contribution in [0, 0.1) is 0 Å². The van der Waals surface area contributed by atoms with Gasteiger partial charge in [0, 0.05) is 13.2 Å². The van der Waals surface area contributed by atoms with E-state index in [0.717, 1.165) is 17.0 Å². The molecule has 9 heteroatoms. The molecule has 2 N–H and O–H groups in total. The molecule has 2 rings (SSSR count). The summed E-state index contributed by atoms with van der Waals surface area (Å²) >= 11 is 5.69. The number of carbonyl (C=O) groups is 2. The molecule has 0 aliphatic heterocycles. The second kappa shape index (κ2) is 6.96. The van der Waals surface area contributed by atoms with Crippen LogP contribution in [0.1, 0.15) is 16.1 Å². The summed E-state index contributed by atoms with van der Waals surface area (Å²) in [5, 5.41) is 2.50. The molecular weight excluding hydrogens is 347 g/mol. The van der Waals surface area contributed by atoms with Gasteiger partial charge < -0.3 is 15.2 Å². The van der Waals surface area contributed by atoms with Gasteiger partial charge in [-0.1, -0.05) is 23.7 Å². The van der Waals surface area contributed by atoms with Crippen molar-refractivity contribution in [1.29, 1.82) is 0 Å². The molecule has 0 atom stereocenters. The molecule has 24 heavy (non-hydrogen) atoms. The van der Waals surface area contributed by atoms with Crippen molar-refractivity contribution < 1.29 is 22.8 Å². The number of aromatic amines is 1. The van der Waals surface area contributed by atoms with E-state index in [0.29, 0.717) is 5.02 Å². The Labute approximate surface area is 140 Å². The van der Waals surface area contributed by atoms with Crippen molar-refractivity contribution >= 4 is 29.1 Å². The third kappa shape index (κ3) is 4.29. The molecule has 2 amide bonds. The number of nitrogens with one attached hydrogen (secondary N) is 2. The van der Waals surface area contributed by atoms with Gasteiger partial charge >= 0.3 is 6.18 Å². The first-order valence-electron chi connectivity index (χ1n) is 6.74. The molecule has 5 nitrogen and oxygen atoms in total. The summed E-state index contributed by atoms with van der Waals surface area (Å²) in [6, 6.07) is 6.00. The minimum atomic E-state index is -4.59. The number of rotatable bonds is 4. The highest BCUT2D eigenvalue weighted by atomic mass is 35.5. The number of nitrogens with zero attached hydrogens (tertiary/aromatic N) is 1. The molecule has 0 saturated heterocycles. The zero-order chi connectivity index (χ0) is 17.9. The van der Waals surface area contributed by atoms with Crippen molar-refractivity contribution in [2.75, 3.05) is 18.9 Å². The fourth-order valence-corrected chi connectivity index (χ4v) is 2.18. The number of likely N-dealkylation sites (N-methyl/N-ethyl adjacent to an activating group) is 1. The topological polar surface area (TPSA) is 65.2 Å². The number of alkyl halides is 3. The number of benzene rings is 1. The van der Waals surface area contributed by atoms with Crippen molar-refractivity contribution in [2.24, 2.45) is 0 Å². The summed E-state index contributed by atoms with van der Waals surface area (Å²) in [6.45, 7) is -0.415. The second-order valence-corrected chi connectivity index (χ2v) is 5.42. The summed E-state index contributed by atoms with van der Waals surface area (Å²) in [7, 11) is 1.35. The largest absolute Gasteiger partial charge is 0.418 e. The van der Waals surface area contributed by atoms with Gasteiger partial charge in [-0.05, 0) is 18.2 Å². The Morgan fingerprint density at radius 3 is 2.54 bits per heavy atom. The predicted molar refractivity (Wildman–Crippen MR) is 82.8 cm³/mol. The number of amides is 2. The molecule has 2 aromatic rings. The van der Waals surface area contributed by atoms with Crippen molar-refractivity contribution in [3.63, 3.8) is 0 Å². The summed E-state index contributed by atoms with van der Waals surface area (Å²) in [4.78, 5) is 27.7. The maximum atomic E-state index is 12.9. The van der Waals surface area contributed by atoms with Crippen molar-refractivity contribution in [3.05, 3.63) is 52.8 Å². The summed E-state index contributed by atoms with van der Waals surface area (Å²) in [5.41, 5.74) is -1.15. The molecule has 0 bridgehead atoms. The standard InChI is InChI=1S/C15H13ClF3N3O2/c1-22(14(24)12-6-9(16)7-20-12)8-13(23)21-11-5-3-2-4-10(11)15(17,18)19/h2-7,20H,8H2,1H3,(H,21,23). The lowest BCUT2D eigenvalue weighted by Gasteiger charge is -2.17. The van der Waals surface area contributed by atoms with E-state index in [9.17, 15) is 22.8 Å². The molecule has 0 aliphatic rings. The van der Waals surface area contributed by atoms with Gasteiger partial charge in [-0.15, -0.1) is 0 Å². The molecule has 0 aliphatic carbocycles. The smallest absolute Gasteiger partial charge is 0.356 e. The van der Waals surface area contributed by atoms with Gasteiger partial charge in [-0.2, -0.15) is 13.2 Å². The van der Waals surface area contributed by atoms with Gasteiger partial charge in [0.2, 0.25) is 5.91 Å². The van der Waals surface area contributed by atoms with Crippen LogP contribution in [0.2, 0.25) is 5.02 Å². The second-order valence-electron chi connectivity index (χ2n) is 4.98. The molecule has 1 heterocycles. The van der Waals surface area contributed by atoms with E-state index in [1.54, 1.807) is 0 Å². The Hall–Kier alpha value is -2.48. The van der Waals surface area contributed by atoms with Crippen LogP contribution in [0.15, 0.2) is 36.5 Å². The SMILES string of the molecule is CN(CC(=O)Nc1ccccc1C(F)(F)F)C(=O)c1cc(Cl)c[nH]1. The van der Waals surface area contributed by atoms with Crippen LogP contribution in [0.25, 0.3) is 0 Å². The molecule has 0 fully saturated rings. The number of halogens is 4. The highest BCUT2D eigenvalue weighted by molar-refractivity contribution is 6.31. The fourth-order valence-electron chi connectivity index (χ4n) is 2.01. The zero-order valence-corrected chi connectivity index (χ0v) is 13.2. The number of anilines is 1. The summed E-state index contributed by atoms with van der Waals surface area (Å²) < 4.78 is 38.6. The third-order valence-corrected chi connectivity index (χ3v) is 3.33. The van der Waals surface area contributed by atoms with E-state index in [4.69, 9.17) is 11.6 Å². The lowest BCUT2D eigenvalue weighted by molar-refractivity contribution is -0.137. The number of para-hydroxylation sites is 1. The van der Waals surface area contributed by atoms with Crippen LogP contribution in [0.5, 0.6) is 0 Å². The average Bonchev–Trinajstić information content (AvgIpc) is 2.92. The van der Waals surface area contributed by atoms with Crippen LogP contribution in [-0.2, 0) is 11.0 Å². The van der Waals surface area contributed by atoms with Gasteiger partial charge in [0.05, 0.1) is 22.8 Å². The highest BCUT2D eigenvalue weighted by Gasteiger charge is 2.33. The number of H-pyrrole nitrogens is 1. The van der Waals surface area contributed by atoms with Crippen LogP contribution in [-0.4, -0.2) is 35.3 Å². The maximum Gasteiger partial charge on any atom is 0.418 e. The van der Waals surface area contributed by atoms with E-state index >= 15 is 0 Å². The Morgan fingerprint density at radius 2 is 1.96 bits per heavy atom. The number of hydrogen-bond donors (Lipinski definition) is 2. The van der Waals surface area contributed by atoms with E-state index in [1.807, 2.05) is 0 Å². The van der Waals surface area contributed by atoms with Gasteiger partial charge in [0.1, 0.15) is 5.69 Å². The first-order valence-corrected chi connectivity index (χ1v) is 7.11. The van der Waals surface area contributed by atoms with Crippen LogP contribution >= 0.6 is 11.6 Å². The fraction of sp³-hybridized carbons (Fsp3) is 0.200. The number of hydrogen-bond acceptors (Lipinski definition) is 2. The molecule has 0 saturated carbocycles. The molecule has 0 unspecified atom stereocenters. The summed E-state index contributed by atoms with van der Waals surface area (Å²) in [6.07, 6.45) is -3.19. The molecule has 1 aromatic carbocycles. The van der Waals surface area contributed by atoms with Gasteiger partial charge in [-0.25, -0.2) is 0 Å². The Morgan fingerprint density at radius 1 is 1.29 bits per heavy atom. The van der Waals surface area contributed by atoms with Crippen molar-refractivity contribution in [1.82, 2.24) is 9.88 Å². The van der Waals surface area contributed by atoms with Crippen LogP contribution < -0.4 is 5.32 Å². The maximum absolute atomic E-state index is 12.9. The lowest BCUT2D eigenvalue weighted by atomic mass is 10.1.